The largest absolute Gasteiger partial charge is 0.490 e. The summed E-state index contributed by atoms with van der Waals surface area (Å²) in [6.45, 7) is 0.812. The van der Waals surface area contributed by atoms with E-state index in [0.29, 0.717) is 19.5 Å². The van der Waals surface area contributed by atoms with Gasteiger partial charge in [-0.05, 0) is 37.9 Å². The molecule has 1 aromatic rings. The smallest absolute Gasteiger partial charge is 0.312 e. The summed E-state index contributed by atoms with van der Waals surface area (Å²) >= 11 is 0. The monoisotopic (exact) mass is 343 g/mol. The maximum Gasteiger partial charge on any atom is 0.312 e. The maximum absolute atomic E-state index is 12.9. The second-order valence-electron chi connectivity index (χ2n) is 5.43. The molecule has 1 heterocycles. The van der Waals surface area contributed by atoms with Crippen LogP contribution >= 0.6 is 0 Å². The van der Waals surface area contributed by atoms with Crippen molar-refractivity contribution in [3.63, 3.8) is 0 Å². The van der Waals surface area contributed by atoms with Crippen molar-refractivity contribution in [1.29, 1.82) is 0 Å². The topological polar surface area (TPSA) is 116 Å². The van der Waals surface area contributed by atoms with Crippen LogP contribution in [0.2, 0.25) is 0 Å². The highest BCUT2D eigenvalue weighted by Crippen LogP contribution is 2.33. The van der Waals surface area contributed by atoms with E-state index in [1.807, 2.05) is 0 Å². The first-order chi connectivity index (χ1) is 10.9. The quantitative estimate of drug-likeness (QED) is 0.618. The number of methoxy groups -OCH3 is 1. The highest BCUT2D eigenvalue weighted by molar-refractivity contribution is 7.89. The molecule has 0 aliphatic carbocycles. The average Bonchev–Trinajstić information content (AvgIpc) is 2.54. The molecule has 23 heavy (non-hydrogen) atoms. The van der Waals surface area contributed by atoms with Gasteiger partial charge in [0.25, 0.3) is 0 Å². The summed E-state index contributed by atoms with van der Waals surface area (Å²) in [5.41, 5.74) is 5.22. The molecular weight excluding hydrogens is 322 g/mol. The number of hydrogen-bond donors (Lipinski definition) is 1. The Bertz CT molecular complexity index is 675. The lowest BCUT2D eigenvalue weighted by Gasteiger charge is -2.34. The zero-order valence-electron chi connectivity index (χ0n) is 13.0. The fourth-order valence-corrected chi connectivity index (χ4v) is 4.62. The molecule has 1 saturated heterocycles. The second kappa shape index (κ2) is 7.24. The Balaban J connectivity index is 2.42. The Morgan fingerprint density at radius 2 is 2.17 bits per heavy atom. The summed E-state index contributed by atoms with van der Waals surface area (Å²) in [5, 5.41) is 11.1. The van der Waals surface area contributed by atoms with Crippen molar-refractivity contribution in [2.24, 2.45) is 5.73 Å². The van der Waals surface area contributed by atoms with Gasteiger partial charge in [0.2, 0.25) is 10.0 Å². The van der Waals surface area contributed by atoms with Gasteiger partial charge in [-0.1, -0.05) is 6.42 Å². The third-order valence-electron chi connectivity index (χ3n) is 4.03. The molecule has 1 aromatic carbocycles. The van der Waals surface area contributed by atoms with Crippen LogP contribution in [0.1, 0.15) is 25.7 Å². The van der Waals surface area contributed by atoms with Gasteiger partial charge in [0.15, 0.2) is 5.75 Å². The van der Waals surface area contributed by atoms with Gasteiger partial charge in [0, 0.05) is 18.7 Å². The van der Waals surface area contributed by atoms with Gasteiger partial charge in [-0.2, -0.15) is 4.31 Å². The fraction of sp³-hybridized carbons (Fsp3) is 0.571. The van der Waals surface area contributed by atoms with Crippen molar-refractivity contribution in [3.8, 4) is 5.75 Å². The van der Waals surface area contributed by atoms with Crippen LogP contribution in [-0.4, -0.2) is 43.9 Å². The van der Waals surface area contributed by atoms with Crippen molar-refractivity contribution in [2.45, 2.75) is 36.6 Å². The molecule has 1 aliphatic rings. The van der Waals surface area contributed by atoms with Gasteiger partial charge in [-0.15, -0.1) is 0 Å². The summed E-state index contributed by atoms with van der Waals surface area (Å²) < 4.78 is 32.1. The summed E-state index contributed by atoms with van der Waals surface area (Å²) in [6.07, 6.45) is 3.07. The Morgan fingerprint density at radius 3 is 2.78 bits per heavy atom. The minimum atomic E-state index is -3.80. The molecule has 1 unspecified atom stereocenters. The average molecular weight is 343 g/mol. The van der Waals surface area contributed by atoms with E-state index >= 15 is 0 Å². The van der Waals surface area contributed by atoms with Crippen molar-refractivity contribution in [1.82, 2.24) is 4.31 Å². The van der Waals surface area contributed by atoms with Gasteiger partial charge >= 0.3 is 5.69 Å². The normalized spacial score (nSPS) is 19.5. The Morgan fingerprint density at radius 1 is 1.43 bits per heavy atom. The number of nitro groups is 1. The van der Waals surface area contributed by atoms with Crippen LogP contribution in [0.3, 0.4) is 0 Å². The predicted molar refractivity (Wildman–Crippen MR) is 84.9 cm³/mol. The first kappa shape index (κ1) is 17.6. The molecular formula is C14H21N3O5S. The van der Waals surface area contributed by atoms with E-state index in [9.17, 15) is 18.5 Å². The molecule has 0 bridgehead atoms. The zero-order chi connectivity index (χ0) is 17.0. The van der Waals surface area contributed by atoms with E-state index in [0.717, 1.165) is 25.3 Å². The third-order valence-corrected chi connectivity index (χ3v) is 5.97. The van der Waals surface area contributed by atoms with Crippen LogP contribution < -0.4 is 10.5 Å². The van der Waals surface area contributed by atoms with Gasteiger partial charge in [0.05, 0.1) is 16.9 Å². The molecule has 0 amide bonds. The number of sulfonamides is 1. The van der Waals surface area contributed by atoms with Crippen LogP contribution in [0, 0.1) is 10.1 Å². The number of nitrogens with two attached hydrogens (primary N) is 1. The van der Waals surface area contributed by atoms with Crippen molar-refractivity contribution < 1.29 is 18.1 Å². The number of ether oxygens (including phenoxy) is 1. The SMILES string of the molecule is COc1ccc(S(=O)(=O)N2CCCCC2CCN)cc1[N+](=O)[O-]. The zero-order valence-corrected chi connectivity index (χ0v) is 13.8. The van der Waals surface area contributed by atoms with E-state index in [1.54, 1.807) is 0 Å². The van der Waals surface area contributed by atoms with Crippen LogP contribution in [0.15, 0.2) is 23.1 Å². The highest BCUT2D eigenvalue weighted by atomic mass is 32.2. The number of hydrogen-bond acceptors (Lipinski definition) is 6. The second-order valence-corrected chi connectivity index (χ2v) is 7.32. The minimum Gasteiger partial charge on any atom is -0.490 e. The number of benzene rings is 1. The van der Waals surface area contributed by atoms with Crippen molar-refractivity contribution in [3.05, 3.63) is 28.3 Å². The lowest BCUT2D eigenvalue weighted by atomic mass is 10.0. The van der Waals surface area contributed by atoms with Crippen LogP contribution in [0.25, 0.3) is 0 Å². The van der Waals surface area contributed by atoms with Crippen LogP contribution in [0.5, 0.6) is 5.75 Å². The lowest BCUT2D eigenvalue weighted by molar-refractivity contribution is -0.386. The van der Waals surface area contributed by atoms with E-state index in [1.165, 1.54) is 23.5 Å². The Hall–Kier alpha value is -1.71. The summed E-state index contributed by atoms with van der Waals surface area (Å²) in [5.74, 6) is 0.0334. The highest BCUT2D eigenvalue weighted by Gasteiger charge is 2.34. The fourth-order valence-electron chi connectivity index (χ4n) is 2.88. The van der Waals surface area contributed by atoms with Gasteiger partial charge < -0.3 is 10.5 Å². The van der Waals surface area contributed by atoms with Crippen molar-refractivity contribution >= 4 is 15.7 Å². The molecule has 1 atom stereocenters. The third kappa shape index (κ3) is 3.62. The van der Waals surface area contributed by atoms with Crippen LogP contribution in [-0.2, 0) is 10.0 Å². The molecule has 2 rings (SSSR count). The molecule has 9 heteroatoms. The van der Waals surface area contributed by atoms with E-state index in [-0.39, 0.29) is 22.4 Å². The molecule has 0 radical (unpaired) electrons. The first-order valence-corrected chi connectivity index (χ1v) is 8.90. The van der Waals surface area contributed by atoms with E-state index in [4.69, 9.17) is 10.5 Å². The van der Waals surface area contributed by atoms with E-state index in [2.05, 4.69) is 0 Å². The molecule has 1 fully saturated rings. The molecule has 0 spiro atoms. The molecule has 1 aliphatic heterocycles. The number of piperidine rings is 1. The summed E-state index contributed by atoms with van der Waals surface area (Å²) in [7, 11) is -2.49. The molecule has 128 valence electrons. The number of rotatable bonds is 6. The standard InChI is InChI=1S/C14H21N3O5S/c1-22-14-6-5-12(10-13(14)17(18)19)23(20,21)16-9-3-2-4-11(16)7-8-15/h5-6,10-11H,2-4,7-9,15H2,1H3. The molecule has 2 N–H and O–H groups in total. The van der Waals surface area contributed by atoms with E-state index < -0.39 is 14.9 Å². The van der Waals surface area contributed by atoms with Gasteiger partial charge in [-0.3, -0.25) is 10.1 Å². The Kier molecular flexibility index (Phi) is 5.55. The predicted octanol–water partition coefficient (Wildman–Crippen LogP) is 1.50. The summed E-state index contributed by atoms with van der Waals surface area (Å²) in [6, 6.07) is 3.56. The van der Waals surface area contributed by atoms with Crippen molar-refractivity contribution in [2.75, 3.05) is 20.2 Å². The van der Waals surface area contributed by atoms with Crippen LogP contribution in [0.4, 0.5) is 5.69 Å². The Labute approximate surface area is 135 Å². The van der Waals surface area contributed by atoms with Gasteiger partial charge in [0.1, 0.15) is 0 Å². The number of nitro benzene ring substituents is 1. The first-order valence-electron chi connectivity index (χ1n) is 7.46. The molecule has 0 saturated carbocycles. The maximum atomic E-state index is 12.9. The molecule has 8 nitrogen and oxygen atoms in total. The number of nitrogens with zero attached hydrogens (tertiary/aromatic N) is 2. The van der Waals surface area contributed by atoms with Gasteiger partial charge in [-0.25, -0.2) is 8.42 Å². The lowest BCUT2D eigenvalue weighted by Crippen LogP contribution is -2.44. The minimum absolute atomic E-state index is 0.0334. The molecule has 0 aromatic heterocycles. The summed E-state index contributed by atoms with van der Waals surface area (Å²) in [4.78, 5) is 10.4.